The summed E-state index contributed by atoms with van der Waals surface area (Å²) in [4.78, 5) is 49.3. The number of β-lactam (4-membered cyclic amide) rings is 1. The van der Waals surface area contributed by atoms with Crippen LogP contribution in [0.15, 0.2) is 35.5 Å². The highest BCUT2D eigenvalue weighted by Gasteiger charge is 2.54. The van der Waals surface area contributed by atoms with Crippen LogP contribution in [-0.4, -0.2) is 82.8 Å². The maximum absolute atomic E-state index is 13.5. The Bertz CT molecular complexity index is 1020. The topological polar surface area (TPSA) is 125 Å². The summed E-state index contributed by atoms with van der Waals surface area (Å²) in [7, 11) is 0. The van der Waals surface area contributed by atoms with Gasteiger partial charge in [-0.25, -0.2) is 9.18 Å². The molecule has 1 saturated heterocycles. The summed E-state index contributed by atoms with van der Waals surface area (Å²) >= 11 is 3.05. The average molecular weight is 540 g/mol. The van der Waals surface area contributed by atoms with Crippen molar-refractivity contribution < 1.29 is 33.4 Å². The van der Waals surface area contributed by atoms with E-state index in [2.05, 4.69) is 10.6 Å². The number of nitrogens with one attached hydrogen (secondary N) is 2. The minimum absolute atomic E-state index is 0.0300. The van der Waals surface area contributed by atoms with Crippen molar-refractivity contribution in [3.8, 4) is 0 Å². The molecule has 0 aromatic heterocycles. The summed E-state index contributed by atoms with van der Waals surface area (Å²) in [5.41, 5.74) is 1.65. The SMILES string of the molecule is CSCCCNC(CF)c1ccc(CC(=O)NC2C(=O)N3C(C(=O)O)=C(COC(C)=O)CSC23)cc1. The second kappa shape index (κ2) is 13.1. The minimum atomic E-state index is -1.29. The number of amides is 2. The molecule has 2 heterocycles. The van der Waals surface area contributed by atoms with E-state index in [0.717, 1.165) is 29.2 Å². The molecular formula is C24H30FN3O6S2. The molecule has 0 radical (unpaired) electrons. The number of benzene rings is 1. The number of rotatable bonds is 13. The van der Waals surface area contributed by atoms with E-state index in [1.807, 2.05) is 6.26 Å². The first-order chi connectivity index (χ1) is 17.3. The number of nitrogens with zero attached hydrogens (tertiary/aromatic N) is 1. The van der Waals surface area contributed by atoms with Crippen LogP contribution in [0.4, 0.5) is 4.39 Å². The van der Waals surface area contributed by atoms with E-state index in [0.29, 0.717) is 11.1 Å². The zero-order chi connectivity index (χ0) is 26.2. The normalized spacial score (nSPS) is 19.9. The molecule has 0 spiro atoms. The lowest BCUT2D eigenvalue weighted by Crippen LogP contribution is -2.70. The van der Waals surface area contributed by atoms with E-state index in [1.165, 1.54) is 18.7 Å². The predicted octanol–water partition coefficient (Wildman–Crippen LogP) is 1.88. The summed E-state index contributed by atoms with van der Waals surface area (Å²) in [5.74, 6) is -1.46. The lowest BCUT2D eigenvalue weighted by atomic mass is 10.0. The third-order valence-corrected chi connectivity index (χ3v) is 7.87. The van der Waals surface area contributed by atoms with Gasteiger partial charge in [0.2, 0.25) is 5.91 Å². The number of aliphatic carboxylic acids is 1. The van der Waals surface area contributed by atoms with Crippen molar-refractivity contribution in [2.75, 3.05) is 37.6 Å². The smallest absolute Gasteiger partial charge is 0.352 e. The Morgan fingerprint density at radius 2 is 2.03 bits per heavy atom. The number of thioether (sulfide) groups is 2. The Hall–Kier alpha value is -2.57. The van der Waals surface area contributed by atoms with E-state index in [4.69, 9.17) is 4.74 Å². The minimum Gasteiger partial charge on any atom is -0.477 e. The van der Waals surface area contributed by atoms with Crippen molar-refractivity contribution in [3.05, 3.63) is 46.7 Å². The lowest BCUT2D eigenvalue weighted by molar-refractivity contribution is -0.151. The zero-order valence-corrected chi connectivity index (χ0v) is 21.8. The van der Waals surface area contributed by atoms with Crippen LogP contribution in [-0.2, 0) is 30.3 Å². The number of alkyl halides is 1. The van der Waals surface area contributed by atoms with Crippen LogP contribution in [0.1, 0.15) is 30.5 Å². The first-order valence-electron chi connectivity index (χ1n) is 11.5. The van der Waals surface area contributed by atoms with Crippen LogP contribution in [0.5, 0.6) is 0 Å². The van der Waals surface area contributed by atoms with Crippen LogP contribution >= 0.6 is 23.5 Å². The molecule has 2 aliphatic rings. The van der Waals surface area contributed by atoms with Gasteiger partial charge >= 0.3 is 11.9 Å². The number of carboxylic acid groups (broad SMARTS) is 1. The van der Waals surface area contributed by atoms with Gasteiger partial charge in [0.1, 0.15) is 30.4 Å². The Labute approximate surface area is 217 Å². The first-order valence-corrected chi connectivity index (χ1v) is 13.9. The molecule has 36 heavy (non-hydrogen) atoms. The summed E-state index contributed by atoms with van der Waals surface area (Å²) in [6.45, 7) is 1.20. The van der Waals surface area contributed by atoms with Crippen molar-refractivity contribution in [1.29, 1.82) is 0 Å². The summed E-state index contributed by atoms with van der Waals surface area (Å²) in [5, 5.41) is 15.0. The molecule has 3 rings (SSSR count). The van der Waals surface area contributed by atoms with Crippen molar-refractivity contribution in [3.63, 3.8) is 0 Å². The fourth-order valence-corrected chi connectivity index (χ4v) is 5.78. The number of carbonyl (C=O) groups excluding carboxylic acids is 3. The summed E-state index contributed by atoms with van der Waals surface area (Å²) < 4.78 is 18.4. The molecule has 12 heteroatoms. The maximum atomic E-state index is 13.5. The zero-order valence-electron chi connectivity index (χ0n) is 20.1. The van der Waals surface area contributed by atoms with Crippen LogP contribution in [0.2, 0.25) is 0 Å². The number of esters is 1. The highest BCUT2D eigenvalue weighted by Crippen LogP contribution is 2.40. The number of hydrogen-bond acceptors (Lipinski definition) is 8. The quantitative estimate of drug-likeness (QED) is 0.196. The molecular weight excluding hydrogens is 509 g/mol. The van der Waals surface area contributed by atoms with Gasteiger partial charge in [0.05, 0.1) is 12.5 Å². The molecule has 1 aromatic carbocycles. The highest BCUT2D eigenvalue weighted by molar-refractivity contribution is 8.00. The van der Waals surface area contributed by atoms with Gasteiger partial charge in [-0.05, 0) is 36.1 Å². The van der Waals surface area contributed by atoms with E-state index in [-0.39, 0.29) is 30.4 Å². The molecule has 3 unspecified atom stereocenters. The van der Waals surface area contributed by atoms with Crippen LogP contribution < -0.4 is 10.6 Å². The molecule has 196 valence electrons. The molecule has 1 fully saturated rings. The van der Waals surface area contributed by atoms with Gasteiger partial charge in [-0.2, -0.15) is 11.8 Å². The van der Waals surface area contributed by atoms with Crippen LogP contribution in [0.25, 0.3) is 0 Å². The third kappa shape index (κ3) is 6.80. The van der Waals surface area contributed by atoms with E-state index >= 15 is 0 Å². The average Bonchev–Trinajstić information content (AvgIpc) is 2.86. The Morgan fingerprint density at radius 1 is 1.31 bits per heavy atom. The second-order valence-corrected chi connectivity index (χ2v) is 10.5. The van der Waals surface area contributed by atoms with Gasteiger partial charge in [0.25, 0.3) is 5.91 Å². The predicted molar refractivity (Wildman–Crippen MR) is 136 cm³/mol. The van der Waals surface area contributed by atoms with Crippen molar-refractivity contribution >= 4 is 47.3 Å². The molecule has 3 N–H and O–H groups in total. The molecule has 3 atom stereocenters. The molecule has 0 aliphatic carbocycles. The maximum Gasteiger partial charge on any atom is 0.352 e. The number of fused-ring (bicyclic) bond motifs is 1. The Morgan fingerprint density at radius 3 is 2.64 bits per heavy atom. The molecule has 2 amide bonds. The standard InChI is InChI=1S/C24H30FN3O6S2/c1-14(29)34-12-17-13-36-23-20(22(31)28(23)21(17)24(32)33)27-19(30)10-15-4-6-16(7-5-15)18(11-25)26-8-3-9-35-2/h4-7,18,20,23,26H,3,8-13H2,1-2H3,(H,27,30)(H,32,33). The van der Waals surface area contributed by atoms with Gasteiger partial charge in [0, 0.05) is 18.2 Å². The van der Waals surface area contributed by atoms with E-state index in [1.54, 1.807) is 36.0 Å². The largest absolute Gasteiger partial charge is 0.477 e. The van der Waals surface area contributed by atoms with Crippen LogP contribution in [0.3, 0.4) is 0 Å². The number of hydrogen-bond donors (Lipinski definition) is 3. The van der Waals surface area contributed by atoms with Crippen molar-refractivity contribution in [2.24, 2.45) is 0 Å². The Kier molecular flexibility index (Phi) is 10.2. The number of halogens is 1. The summed E-state index contributed by atoms with van der Waals surface area (Å²) in [6, 6.07) is 5.86. The van der Waals surface area contributed by atoms with Crippen molar-refractivity contribution in [2.45, 2.75) is 37.2 Å². The second-order valence-electron chi connectivity index (χ2n) is 8.42. The fourth-order valence-electron chi connectivity index (χ4n) is 4.02. The number of carbonyl (C=O) groups is 4. The third-order valence-electron chi connectivity index (χ3n) is 5.83. The number of ether oxygens (including phenoxy) is 1. The first kappa shape index (κ1) is 28.0. The summed E-state index contributed by atoms with van der Waals surface area (Å²) in [6.07, 6.45) is 3.01. The molecule has 2 aliphatic heterocycles. The Balaban J connectivity index is 1.56. The van der Waals surface area contributed by atoms with Gasteiger partial charge in [-0.3, -0.25) is 19.3 Å². The lowest BCUT2D eigenvalue weighted by Gasteiger charge is -2.49. The van der Waals surface area contributed by atoms with E-state index in [9.17, 15) is 28.7 Å². The molecule has 0 bridgehead atoms. The molecule has 0 saturated carbocycles. The van der Waals surface area contributed by atoms with Crippen LogP contribution in [0, 0.1) is 0 Å². The van der Waals surface area contributed by atoms with Gasteiger partial charge in [0.15, 0.2) is 0 Å². The number of carboxylic acids is 1. The van der Waals surface area contributed by atoms with Gasteiger partial charge < -0.3 is 20.5 Å². The highest BCUT2D eigenvalue weighted by atomic mass is 32.2. The fraction of sp³-hybridized carbons (Fsp3) is 0.500. The molecule has 9 nitrogen and oxygen atoms in total. The monoisotopic (exact) mass is 539 g/mol. The van der Waals surface area contributed by atoms with Gasteiger partial charge in [-0.1, -0.05) is 24.3 Å². The van der Waals surface area contributed by atoms with Crippen molar-refractivity contribution in [1.82, 2.24) is 15.5 Å². The molecule has 1 aromatic rings. The van der Waals surface area contributed by atoms with Gasteiger partial charge in [-0.15, -0.1) is 11.8 Å². The van der Waals surface area contributed by atoms with E-state index < -0.39 is 42.0 Å².